The minimum atomic E-state index is 0.141. The molecule has 1 aliphatic rings. The minimum absolute atomic E-state index is 0.141. The predicted octanol–water partition coefficient (Wildman–Crippen LogP) is 5.84. The van der Waals surface area contributed by atoms with Crippen LogP contribution in [0, 0.1) is 6.92 Å². The van der Waals surface area contributed by atoms with Gasteiger partial charge in [0.15, 0.2) is 5.78 Å². The number of hydrogen-bond acceptors (Lipinski definition) is 6. The van der Waals surface area contributed by atoms with Gasteiger partial charge in [0, 0.05) is 35.4 Å². The molecule has 0 spiro atoms. The van der Waals surface area contributed by atoms with Gasteiger partial charge in [-0.25, -0.2) is 4.52 Å². The average molecular weight is 464 g/mol. The molecule has 2 heterocycles. The molecule has 4 rings (SSSR count). The van der Waals surface area contributed by atoms with E-state index in [9.17, 15) is 4.79 Å². The maximum absolute atomic E-state index is 12.9. The summed E-state index contributed by atoms with van der Waals surface area (Å²) in [7, 11) is 0. The summed E-state index contributed by atoms with van der Waals surface area (Å²) >= 11 is 0. The molecule has 1 aromatic carbocycles. The van der Waals surface area contributed by atoms with Crippen molar-refractivity contribution in [2.75, 3.05) is 17.2 Å². The van der Waals surface area contributed by atoms with Crippen molar-refractivity contribution in [1.29, 1.82) is 0 Å². The molecule has 2 aromatic heterocycles. The third kappa shape index (κ3) is 5.36. The van der Waals surface area contributed by atoms with Gasteiger partial charge >= 0.3 is 0 Å². The Kier molecular flexibility index (Phi) is 7.73. The van der Waals surface area contributed by atoms with Gasteiger partial charge in [0.25, 0.3) is 0 Å². The van der Waals surface area contributed by atoms with Gasteiger partial charge in [-0.05, 0) is 76.3 Å². The van der Waals surface area contributed by atoms with Gasteiger partial charge in [-0.2, -0.15) is 5.10 Å². The van der Waals surface area contributed by atoms with E-state index in [1.54, 1.807) is 6.20 Å². The molecule has 7 nitrogen and oxygen atoms in total. The van der Waals surface area contributed by atoms with E-state index in [1.807, 2.05) is 35.7 Å². The van der Waals surface area contributed by atoms with Crippen molar-refractivity contribution in [2.45, 2.75) is 77.8 Å². The van der Waals surface area contributed by atoms with E-state index < -0.39 is 0 Å². The first kappa shape index (κ1) is 24.1. The van der Waals surface area contributed by atoms with Crippen LogP contribution in [0.3, 0.4) is 0 Å². The van der Waals surface area contributed by atoms with Crippen molar-refractivity contribution in [3.63, 3.8) is 0 Å². The first-order valence-corrected chi connectivity index (χ1v) is 12.6. The number of anilines is 3. The number of carbonyl (C=O) groups excluding carboxylic acids is 1. The van der Waals surface area contributed by atoms with Crippen molar-refractivity contribution in [3.8, 4) is 5.75 Å². The summed E-state index contributed by atoms with van der Waals surface area (Å²) in [5.41, 5.74) is 10.7. The van der Waals surface area contributed by atoms with Crippen LogP contribution in [0.1, 0.15) is 74.7 Å². The number of Topliss-reactive ketones (excluding diaryl/α,β-unsaturated/α-hetero) is 1. The second-order valence-corrected chi connectivity index (χ2v) is 9.25. The Balaban J connectivity index is 1.71. The summed E-state index contributed by atoms with van der Waals surface area (Å²) in [4.78, 5) is 12.9. The Hall–Kier alpha value is -3.06. The lowest BCUT2D eigenvalue weighted by molar-refractivity contribution is 0.0981. The average Bonchev–Trinajstić information content (AvgIpc) is 3.26. The van der Waals surface area contributed by atoms with Crippen LogP contribution < -0.4 is 21.1 Å². The summed E-state index contributed by atoms with van der Waals surface area (Å²) in [6.45, 7) is 6.80. The molecular formula is C27H37N5O2. The van der Waals surface area contributed by atoms with Crippen molar-refractivity contribution in [1.82, 2.24) is 9.61 Å². The fourth-order valence-electron chi connectivity index (χ4n) is 4.61. The van der Waals surface area contributed by atoms with Crippen LogP contribution >= 0.6 is 0 Å². The Morgan fingerprint density at radius 1 is 1.18 bits per heavy atom. The van der Waals surface area contributed by atoms with E-state index >= 15 is 0 Å². The van der Waals surface area contributed by atoms with Crippen LogP contribution in [0.15, 0.2) is 36.5 Å². The summed E-state index contributed by atoms with van der Waals surface area (Å²) in [6.07, 6.45) is 8.28. The highest BCUT2D eigenvalue weighted by Crippen LogP contribution is 2.33. The smallest absolute Gasteiger partial charge is 0.166 e. The molecule has 0 radical (unpaired) electrons. The number of carbonyl (C=O) groups is 1. The number of nitrogens with zero attached hydrogens (tertiary/aromatic N) is 2. The molecule has 7 heteroatoms. The van der Waals surface area contributed by atoms with Gasteiger partial charge in [-0.3, -0.25) is 4.79 Å². The molecule has 0 bridgehead atoms. The van der Waals surface area contributed by atoms with E-state index in [0.717, 1.165) is 72.5 Å². The van der Waals surface area contributed by atoms with Crippen LogP contribution in [0.5, 0.6) is 5.75 Å². The monoisotopic (exact) mass is 463 g/mol. The zero-order valence-corrected chi connectivity index (χ0v) is 20.6. The summed E-state index contributed by atoms with van der Waals surface area (Å²) in [6, 6.07) is 10.7. The Morgan fingerprint density at radius 2 is 1.91 bits per heavy atom. The Labute approximate surface area is 202 Å². The van der Waals surface area contributed by atoms with Gasteiger partial charge < -0.3 is 21.1 Å². The maximum atomic E-state index is 12.9. The molecule has 1 aliphatic carbocycles. The molecule has 34 heavy (non-hydrogen) atoms. The minimum Gasteiger partial charge on any atom is -0.494 e. The van der Waals surface area contributed by atoms with Gasteiger partial charge in [0.2, 0.25) is 0 Å². The second kappa shape index (κ2) is 10.9. The zero-order chi connectivity index (χ0) is 24.1. The number of rotatable bonds is 10. The maximum Gasteiger partial charge on any atom is 0.166 e. The van der Waals surface area contributed by atoms with E-state index in [-0.39, 0.29) is 5.78 Å². The number of benzene rings is 1. The zero-order valence-electron chi connectivity index (χ0n) is 20.6. The first-order chi connectivity index (χ1) is 16.5. The summed E-state index contributed by atoms with van der Waals surface area (Å²) < 4.78 is 7.43. The number of unbranched alkanes of at least 4 members (excludes halogenated alkanes) is 1. The van der Waals surface area contributed by atoms with E-state index in [4.69, 9.17) is 10.5 Å². The molecule has 0 amide bonds. The van der Waals surface area contributed by atoms with E-state index in [0.29, 0.717) is 30.7 Å². The molecule has 0 unspecified atom stereocenters. The molecule has 3 aromatic rings. The van der Waals surface area contributed by atoms with Crippen molar-refractivity contribution in [3.05, 3.63) is 47.7 Å². The van der Waals surface area contributed by atoms with Crippen molar-refractivity contribution >= 4 is 28.5 Å². The lowest BCUT2D eigenvalue weighted by Gasteiger charge is -2.29. The third-order valence-corrected chi connectivity index (χ3v) is 6.68. The van der Waals surface area contributed by atoms with Crippen LogP contribution in [-0.4, -0.2) is 34.1 Å². The van der Waals surface area contributed by atoms with Crippen molar-refractivity contribution < 1.29 is 9.53 Å². The highest BCUT2D eigenvalue weighted by atomic mass is 16.5. The molecule has 1 saturated carbocycles. The predicted molar refractivity (Wildman–Crippen MR) is 139 cm³/mol. The van der Waals surface area contributed by atoms with Crippen LogP contribution in [-0.2, 0) is 0 Å². The number of pyridine rings is 1. The lowest BCUT2D eigenvalue weighted by Crippen LogP contribution is -2.33. The molecular weight excluding hydrogens is 426 g/mol. The number of ketones is 1. The summed E-state index contributed by atoms with van der Waals surface area (Å²) in [5, 5.41) is 11.9. The van der Waals surface area contributed by atoms with Gasteiger partial charge in [0.05, 0.1) is 23.9 Å². The normalized spacial score (nSPS) is 18.1. The largest absolute Gasteiger partial charge is 0.494 e. The number of aromatic nitrogens is 2. The fourth-order valence-corrected chi connectivity index (χ4v) is 4.61. The van der Waals surface area contributed by atoms with Crippen molar-refractivity contribution in [2.24, 2.45) is 5.73 Å². The Bertz CT molecular complexity index is 1110. The SMILES string of the molecule is CCCCC(=O)c1cnn2c(Nc3ccc(OCC)cc3)c(C)c(NC3CCC(N)CC3)cc12. The fraction of sp³-hybridized carbons (Fsp3) is 0.481. The van der Waals surface area contributed by atoms with Gasteiger partial charge in [-0.1, -0.05) is 13.3 Å². The molecule has 4 N–H and O–H groups in total. The number of nitrogens with two attached hydrogens (primary N) is 1. The summed E-state index contributed by atoms with van der Waals surface area (Å²) in [5.74, 6) is 1.83. The molecule has 0 atom stereocenters. The first-order valence-electron chi connectivity index (χ1n) is 12.6. The van der Waals surface area contributed by atoms with Gasteiger partial charge in [0.1, 0.15) is 11.6 Å². The topological polar surface area (TPSA) is 93.7 Å². The molecule has 182 valence electrons. The number of hydrogen-bond donors (Lipinski definition) is 3. The standard InChI is InChI=1S/C27H37N5O2/c1-4-6-7-26(33)23-17-29-32-25(23)16-24(30-20-10-8-19(28)9-11-20)18(3)27(32)31-21-12-14-22(15-13-21)34-5-2/h12-17,19-20,30-31H,4-11,28H2,1-3H3. The van der Waals surface area contributed by atoms with Crippen LogP contribution in [0.4, 0.5) is 17.2 Å². The number of ether oxygens (including phenoxy) is 1. The van der Waals surface area contributed by atoms with Gasteiger partial charge in [-0.15, -0.1) is 0 Å². The lowest BCUT2D eigenvalue weighted by atomic mass is 9.91. The third-order valence-electron chi connectivity index (χ3n) is 6.68. The highest BCUT2D eigenvalue weighted by molar-refractivity contribution is 6.03. The molecule has 0 aliphatic heterocycles. The van der Waals surface area contributed by atoms with E-state index in [1.165, 1.54) is 0 Å². The second-order valence-electron chi connectivity index (χ2n) is 9.25. The quantitative estimate of drug-likeness (QED) is 0.327. The molecule has 1 fully saturated rings. The number of fused-ring (bicyclic) bond motifs is 1. The van der Waals surface area contributed by atoms with E-state index in [2.05, 4.69) is 35.6 Å². The Morgan fingerprint density at radius 3 is 2.59 bits per heavy atom. The number of nitrogens with one attached hydrogen (secondary N) is 2. The molecule has 0 saturated heterocycles. The van der Waals surface area contributed by atoms with Crippen LogP contribution in [0.25, 0.3) is 5.52 Å². The highest BCUT2D eigenvalue weighted by Gasteiger charge is 2.22. The van der Waals surface area contributed by atoms with Crippen LogP contribution in [0.2, 0.25) is 0 Å².